The van der Waals surface area contributed by atoms with E-state index in [4.69, 9.17) is 22.1 Å². The van der Waals surface area contributed by atoms with Crippen molar-refractivity contribution >= 4 is 17.4 Å². The number of anilines is 1. The molecule has 1 rings (SSSR count). The van der Waals surface area contributed by atoms with Crippen LogP contribution in [0.5, 0.6) is 6.01 Å². The van der Waals surface area contributed by atoms with E-state index in [9.17, 15) is 0 Å². The fraction of sp³-hybridized carbons (Fsp3) is 0.600. The second kappa shape index (κ2) is 5.86. The van der Waals surface area contributed by atoms with Gasteiger partial charge in [-0.2, -0.15) is 4.98 Å². The molecule has 6 heteroatoms. The standard InChI is InChI=1S/C10H17ClN4O/c1-7(2)15(5-4-12)9-8(11)6-13-10(14-9)16-3/h6-7H,4-5,12H2,1-3H3. The van der Waals surface area contributed by atoms with Gasteiger partial charge in [0.1, 0.15) is 5.02 Å². The maximum atomic E-state index is 6.06. The number of nitrogens with zero attached hydrogens (tertiary/aromatic N) is 3. The lowest BCUT2D eigenvalue weighted by Gasteiger charge is -2.27. The summed E-state index contributed by atoms with van der Waals surface area (Å²) in [5.41, 5.74) is 5.57. The Morgan fingerprint density at radius 1 is 1.56 bits per heavy atom. The van der Waals surface area contributed by atoms with E-state index in [1.54, 1.807) is 0 Å². The van der Waals surface area contributed by atoms with Crippen molar-refractivity contribution in [2.75, 3.05) is 25.1 Å². The van der Waals surface area contributed by atoms with Crippen molar-refractivity contribution in [3.05, 3.63) is 11.2 Å². The van der Waals surface area contributed by atoms with Crippen LogP contribution in [0.1, 0.15) is 13.8 Å². The van der Waals surface area contributed by atoms with Crippen LogP contribution in [0.2, 0.25) is 5.02 Å². The molecule has 0 aliphatic heterocycles. The van der Waals surface area contributed by atoms with Crippen molar-refractivity contribution in [2.45, 2.75) is 19.9 Å². The summed E-state index contributed by atoms with van der Waals surface area (Å²) in [5.74, 6) is 0.661. The molecule has 0 amide bonds. The zero-order valence-electron chi connectivity index (χ0n) is 9.77. The average molecular weight is 245 g/mol. The molecule has 0 aliphatic carbocycles. The van der Waals surface area contributed by atoms with E-state index >= 15 is 0 Å². The van der Waals surface area contributed by atoms with Crippen molar-refractivity contribution in [3.63, 3.8) is 0 Å². The molecule has 0 unspecified atom stereocenters. The van der Waals surface area contributed by atoms with Gasteiger partial charge in [0, 0.05) is 19.1 Å². The molecular formula is C10H17ClN4O. The molecule has 0 aliphatic rings. The minimum absolute atomic E-state index is 0.264. The molecule has 2 N–H and O–H groups in total. The van der Waals surface area contributed by atoms with Crippen LogP contribution in [0.15, 0.2) is 6.20 Å². The molecule has 0 saturated heterocycles. The summed E-state index contributed by atoms with van der Waals surface area (Å²) in [6.45, 7) is 5.35. The minimum atomic E-state index is 0.264. The molecule has 16 heavy (non-hydrogen) atoms. The van der Waals surface area contributed by atoms with Crippen molar-refractivity contribution in [1.29, 1.82) is 0 Å². The SMILES string of the molecule is COc1ncc(Cl)c(N(CCN)C(C)C)n1. The number of halogens is 1. The molecular weight excluding hydrogens is 228 g/mol. The highest BCUT2D eigenvalue weighted by Gasteiger charge is 2.16. The van der Waals surface area contributed by atoms with Gasteiger partial charge in [-0.05, 0) is 13.8 Å². The van der Waals surface area contributed by atoms with Gasteiger partial charge in [-0.1, -0.05) is 11.6 Å². The van der Waals surface area contributed by atoms with Crippen LogP contribution in [0, 0.1) is 0 Å². The van der Waals surface area contributed by atoms with Gasteiger partial charge in [0.15, 0.2) is 5.82 Å². The number of aromatic nitrogens is 2. The number of rotatable bonds is 5. The van der Waals surface area contributed by atoms with Crippen LogP contribution in [0.3, 0.4) is 0 Å². The summed E-state index contributed by atoms with van der Waals surface area (Å²) >= 11 is 6.06. The molecule has 1 aromatic heterocycles. The van der Waals surface area contributed by atoms with Gasteiger partial charge in [-0.3, -0.25) is 0 Å². The lowest BCUT2D eigenvalue weighted by molar-refractivity contribution is 0.379. The summed E-state index contributed by atoms with van der Waals surface area (Å²) in [4.78, 5) is 10.2. The summed E-state index contributed by atoms with van der Waals surface area (Å²) < 4.78 is 4.98. The molecule has 0 aromatic carbocycles. The highest BCUT2D eigenvalue weighted by Crippen LogP contribution is 2.25. The van der Waals surface area contributed by atoms with Gasteiger partial charge < -0.3 is 15.4 Å². The molecule has 90 valence electrons. The molecule has 0 bridgehead atoms. The predicted molar refractivity (Wildman–Crippen MR) is 65.1 cm³/mol. The second-order valence-corrected chi connectivity index (χ2v) is 4.01. The Balaban J connectivity index is 3.06. The Morgan fingerprint density at radius 3 is 2.75 bits per heavy atom. The van der Waals surface area contributed by atoms with E-state index in [0.717, 1.165) is 0 Å². The zero-order valence-corrected chi connectivity index (χ0v) is 10.5. The van der Waals surface area contributed by atoms with Crippen LogP contribution in [-0.4, -0.2) is 36.2 Å². The van der Waals surface area contributed by atoms with Crippen molar-refractivity contribution in [3.8, 4) is 6.01 Å². The van der Waals surface area contributed by atoms with Gasteiger partial charge in [0.25, 0.3) is 0 Å². The van der Waals surface area contributed by atoms with Crippen LogP contribution < -0.4 is 15.4 Å². The number of hydrogen-bond acceptors (Lipinski definition) is 5. The smallest absolute Gasteiger partial charge is 0.318 e. The van der Waals surface area contributed by atoms with Gasteiger partial charge >= 0.3 is 6.01 Å². The molecule has 1 heterocycles. The Labute approximate surface area is 101 Å². The Kier molecular flexibility index (Phi) is 4.76. The molecule has 1 aromatic rings. The first kappa shape index (κ1) is 13.0. The number of ether oxygens (including phenoxy) is 1. The topological polar surface area (TPSA) is 64.3 Å². The lowest BCUT2D eigenvalue weighted by Crippen LogP contribution is -2.36. The Hall–Kier alpha value is -1.07. The summed E-state index contributed by atoms with van der Waals surface area (Å²) in [6, 6.07) is 0.572. The lowest BCUT2D eigenvalue weighted by atomic mass is 10.3. The largest absolute Gasteiger partial charge is 0.467 e. The van der Waals surface area contributed by atoms with Crippen LogP contribution >= 0.6 is 11.6 Å². The van der Waals surface area contributed by atoms with Gasteiger partial charge in [-0.15, -0.1) is 0 Å². The van der Waals surface area contributed by atoms with E-state index < -0.39 is 0 Å². The third-order valence-corrected chi connectivity index (χ3v) is 2.42. The molecule has 0 saturated carbocycles. The van der Waals surface area contributed by atoms with E-state index in [1.165, 1.54) is 13.3 Å². The first-order chi connectivity index (χ1) is 7.60. The zero-order chi connectivity index (χ0) is 12.1. The van der Waals surface area contributed by atoms with E-state index in [1.807, 2.05) is 4.90 Å². The van der Waals surface area contributed by atoms with E-state index in [0.29, 0.717) is 29.9 Å². The van der Waals surface area contributed by atoms with E-state index in [2.05, 4.69) is 23.8 Å². The first-order valence-corrected chi connectivity index (χ1v) is 5.51. The van der Waals surface area contributed by atoms with Crippen LogP contribution in [-0.2, 0) is 0 Å². The Bertz CT molecular complexity index is 346. The van der Waals surface area contributed by atoms with Crippen LogP contribution in [0.25, 0.3) is 0 Å². The van der Waals surface area contributed by atoms with Crippen molar-refractivity contribution < 1.29 is 4.74 Å². The average Bonchev–Trinajstić information content (AvgIpc) is 2.27. The maximum Gasteiger partial charge on any atom is 0.318 e. The predicted octanol–water partition coefficient (Wildman–Crippen LogP) is 1.31. The molecule has 0 atom stereocenters. The van der Waals surface area contributed by atoms with Crippen LogP contribution in [0.4, 0.5) is 5.82 Å². The van der Waals surface area contributed by atoms with E-state index in [-0.39, 0.29) is 6.04 Å². The van der Waals surface area contributed by atoms with Gasteiger partial charge in [-0.25, -0.2) is 4.98 Å². The first-order valence-electron chi connectivity index (χ1n) is 5.13. The number of hydrogen-bond donors (Lipinski definition) is 1. The fourth-order valence-electron chi connectivity index (χ4n) is 1.39. The van der Waals surface area contributed by atoms with Gasteiger partial charge in [0.05, 0.1) is 13.3 Å². The molecule has 0 fully saturated rings. The number of nitrogens with two attached hydrogens (primary N) is 1. The monoisotopic (exact) mass is 244 g/mol. The Morgan fingerprint density at radius 2 is 2.25 bits per heavy atom. The van der Waals surface area contributed by atoms with Crippen molar-refractivity contribution in [2.24, 2.45) is 5.73 Å². The second-order valence-electron chi connectivity index (χ2n) is 3.60. The normalized spacial score (nSPS) is 10.6. The third-order valence-electron chi connectivity index (χ3n) is 2.15. The quantitative estimate of drug-likeness (QED) is 0.846. The third kappa shape index (κ3) is 2.96. The van der Waals surface area contributed by atoms with Crippen molar-refractivity contribution in [1.82, 2.24) is 9.97 Å². The minimum Gasteiger partial charge on any atom is -0.467 e. The number of methoxy groups -OCH3 is 1. The maximum absolute atomic E-state index is 6.06. The summed E-state index contributed by atoms with van der Waals surface area (Å²) in [7, 11) is 1.52. The van der Waals surface area contributed by atoms with Gasteiger partial charge in [0.2, 0.25) is 0 Å². The molecule has 0 spiro atoms. The highest BCUT2D eigenvalue weighted by atomic mass is 35.5. The molecule has 0 radical (unpaired) electrons. The summed E-state index contributed by atoms with van der Waals surface area (Å²) in [6.07, 6.45) is 1.54. The molecule has 5 nitrogen and oxygen atoms in total. The summed E-state index contributed by atoms with van der Waals surface area (Å²) in [5, 5.41) is 0.503. The fourth-order valence-corrected chi connectivity index (χ4v) is 1.59. The highest BCUT2D eigenvalue weighted by molar-refractivity contribution is 6.32.